The number of rotatable bonds is 4. The Bertz CT molecular complexity index is 213. The molecule has 1 aliphatic heterocycles. The monoisotopic (exact) mass is 228 g/mol. The summed E-state index contributed by atoms with van der Waals surface area (Å²) in [6.45, 7) is 6.06. The molecule has 0 aromatic rings. The Kier molecular flexibility index (Phi) is 5.60. The van der Waals surface area contributed by atoms with Crippen molar-refractivity contribution < 1.29 is 9.53 Å². The Morgan fingerprint density at radius 2 is 2.12 bits per heavy atom. The van der Waals surface area contributed by atoms with Crippen molar-refractivity contribution in [2.24, 2.45) is 0 Å². The van der Waals surface area contributed by atoms with Crippen LogP contribution in [0.5, 0.6) is 0 Å². The fraction of sp³-hybridized carbons (Fsp3) is 0.917. The summed E-state index contributed by atoms with van der Waals surface area (Å²) < 4.78 is 4.71. The highest BCUT2D eigenvalue weighted by Gasteiger charge is 2.23. The number of hydrogen-bond donors (Lipinski definition) is 1. The summed E-state index contributed by atoms with van der Waals surface area (Å²) in [5, 5.41) is 3.62. The van der Waals surface area contributed by atoms with Gasteiger partial charge < -0.3 is 15.0 Å². The Hall–Kier alpha value is -0.770. The fourth-order valence-electron chi connectivity index (χ4n) is 2.28. The molecule has 0 aromatic carbocycles. The van der Waals surface area contributed by atoms with Crippen molar-refractivity contribution in [1.29, 1.82) is 0 Å². The summed E-state index contributed by atoms with van der Waals surface area (Å²) >= 11 is 0. The minimum Gasteiger partial charge on any atom is -0.453 e. The zero-order chi connectivity index (χ0) is 12.0. The van der Waals surface area contributed by atoms with Gasteiger partial charge in [0, 0.05) is 25.2 Å². The quantitative estimate of drug-likeness (QED) is 0.800. The SMILES string of the molecule is CCCC(C)NC1CCN(C(=O)OC)CC1. The van der Waals surface area contributed by atoms with Crippen LogP contribution in [0.3, 0.4) is 0 Å². The van der Waals surface area contributed by atoms with Crippen molar-refractivity contribution in [2.75, 3.05) is 20.2 Å². The van der Waals surface area contributed by atoms with E-state index >= 15 is 0 Å². The highest BCUT2D eigenvalue weighted by Crippen LogP contribution is 2.12. The molecule has 0 bridgehead atoms. The number of amides is 1. The number of nitrogens with one attached hydrogen (secondary N) is 1. The third-order valence-corrected chi connectivity index (χ3v) is 3.17. The zero-order valence-corrected chi connectivity index (χ0v) is 10.7. The lowest BCUT2D eigenvalue weighted by Crippen LogP contribution is -2.47. The maximum Gasteiger partial charge on any atom is 0.409 e. The van der Waals surface area contributed by atoms with Gasteiger partial charge in [-0.25, -0.2) is 4.79 Å². The second kappa shape index (κ2) is 6.74. The molecule has 4 heteroatoms. The molecule has 0 aliphatic carbocycles. The van der Waals surface area contributed by atoms with Crippen LogP contribution in [0.15, 0.2) is 0 Å². The van der Waals surface area contributed by atoms with Crippen LogP contribution in [0.4, 0.5) is 4.79 Å². The molecule has 1 saturated heterocycles. The van der Waals surface area contributed by atoms with Crippen LogP contribution in [0.25, 0.3) is 0 Å². The van der Waals surface area contributed by atoms with Gasteiger partial charge in [0.05, 0.1) is 7.11 Å². The highest BCUT2D eigenvalue weighted by atomic mass is 16.5. The standard InChI is InChI=1S/C12H24N2O2/c1-4-5-10(2)13-11-6-8-14(9-7-11)12(15)16-3/h10-11,13H,4-9H2,1-3H3. The molecule has 0 saturated carbocycles. The minimum absolute atomic E-state index is 0.194. The van der Waals surface area contributed by atoms with Gasteiger partial charge >= 0.3 is 6.09 Å². The van der Waals surface area contributed by atoms with E-state index in [9.17, 15) is 4.79 Å². The van der Waals surface area contributed by atoms with Gasteiger partial charge in [0.1, 0.15) is 0 Å². The second-order valence-corrected chi connectivity index (χ2v) is 4.59. The molecule has 1 unspecified atom stereocenters. The minimum atomic E-state index is -0.194. The number of ether oxygens (including phenoxy) is 1. The molecule has 1 heterocycles. The van der Waals surface area contributed by atoms with E-state index in [0.717, 1.165) is 25.9 Å². The first-order chi connectivity index (χ1) is 7.67. The Labute approximate surface area is 98.3 Å². The first-order valence-electron chi connectivity index (χ1n) is 6.26. The van der Waals surface area contributed by atoms with Crippen LogP contribution in [0, 0.1) is 0 Å². The summed E-state index contributed by atoms with van der Waals surface area (Å²) in [6.07, 6.45) is 4.30. The molecular formula is C12H24N2O2. The molecule has 1 N–H and O–H groups in total. The topological polar surface area (TPSA) is 41.6 Å². The van der Waals surface area contributed by atoms with Crippen molar-refractivity contribution in [2.45, 2.75) is 51.6 Å². The van der Waals surface area contributed by atoms with Gasteiger partial charge in [-0.15, -0.1) is 0 Å². The lowest BCUT2D eigenvalue weighted by molar-refractivity contribution is 0.109. The van der Waals surface area contributed by atoms with E-state index in [1.807, 2.05) is 0 Å². The number of carbonyl (C=O) groups is 1. The number of likely N-dealkylation sites (tertiary alicyclic amines) is 1. The van der Waals surface area contributed by atoms with E-state index in [1.165, 1.54) is 20.0 Å². The Morgan fingerprint density at radius 1 is 1.50 bits per heavy atom. The predicted octanol–water partition coefficient (Wildman–Crippen LogP) is 2.00. The van der Waals surface area contributed by atoms with Crippen LogP contribution in [-0.4, -0.2) is 43.3 Å². The van der Waals surface area contributed by atoms with Crippen LogP contribution in [0.2, 0.25) is 0 Å². The number of carbonyl (C=O) groups excluding carboxylic acids is 1. The molecule has 1 rings (SSSR count). The second-order valence-electron chi connectivity index (χ2n) is 4.59. The molecule has 1 aliphatic rings. The molecule has 16 heavy (non-hydrogen) atoms. The molecule has 1 amide bonds. The lowest BCUT2D eigenvalue weighted by atomic mass is 10.0. The van der Waals surface area contributed by atoms with E-state index in [2.05, 4.69) is 19.2 Å². The molecule has 4 nitrogen and oxygen atoms in total. The van der Waals surface area contributed by atoms with Crippen molar-refractivity contribution in [3.05, 3.63) is 0 Å². The molecule has 1 fully saturated rings. The highest BCUT2D eigenvalue weighted by molar-refractivity contribution is 5.67. The van der Waals surface area contributed by atoms with Crippen molar-refractivity contribution >= 4 is 6.09 Å². The summed E-state index contributed by atoms with van der Waals surface area (Å²) in [7, 11) is 1.44. The van der Waals surface area contributed by atoms with E-state index in [-0.39, 0.29) is 6.09 Å². The normalized spacial score (nSPS) is 19.6. The van der Waals surface area contributed by atoms with Crippen molar-refractivity contribution in [1.82, 2.24) is 10.2 Å². The van der Waals surface area contributed by atoms with Gasteiger partial charge in [0.15, 0.2) is 0 Å². The third-order valence-electron chi connectivity index (χ3n) is 3.17. The average Bonchev–Trinajstić information content (AvgIpc) is 2.29. The molecule has 0 spiro atoms. The predicted molar refractivity (Wildman–Crippen MR) is 64.5 cm³/mol. The maximum atomic E-state index is 11.3. The number of nitrogens with zero attached hydrogens (tertiary/aromatic N) is 1. The van der Waals surface area contributed by atoms with E-state index in [1.54, 1.807) is 4.90 Å². The van der Waals surface area contributed by atoms with Gasteiger partial charge in [0.25, 0.3) is 0 Å². The lowest BCUT2D eigenvalue weighted by Gasteiger charge is -2.33. The molecule has 0 aromatic heterocycles. The smallest absolute Gasteiger partial charge is 0.409 e. The molecule has 94 valence electrons. The van der Waals surface area contributed by atoms with E-state index in [4.69, 9.17) is 4.74 Å². The summed E-state index contributed by atoms with van der Waals surface area (Å²) in [4.78, 5) is 13.1. The summed E-state index contributed by atoms with van der Waals surface area (Å²) in [6, 6.07) is 1.14. The number of hydrogen-bond acceptors (Lipinski definition) is 3. The Balaban J connectivity index is 2.24. The number of piperidine rings is 1. The zero-order valence-electron chi connectivity index (χ0n) is 10.7. The fourth-order valence-corrected chi connectivity index (χ4v) is 2.28. The van der Waals surface area contributed by atoms with E-state index in [0.29, 0.717) is 12.1 Å². The van der Waals surface area contributed by atoms with Crippen LogP contribution in [0.1, 0.15) is 39.5 Å². The summed E-state index contributed by atoms with van der Waals surface area (Å²) in [5.41, 5.74) is 0. The first-order valence-corrected chi connectivity index (χ1v) is 6.26. The van der Waals surface area contributed by atoms with Gasteiger partial charge in [-0.1, -0.05) is 13.3 Å². The van der Waals surface area contributed by atoms with Gasteiger partial charge in [-0.3, -0.25) is 0 Å². The van der Waals surface area contributed by atoms with Gasteiger partial charge in [-0.2, -0.15) is 0 Å². The largest absolute Gasteiger partial charge is 0.453 e. The number of methoxy groups -OCH3 is 1. The van der Waals surface area contributed by atoms with E-state index < -0.39 is 0 Å². The molecule has 0 radical (unpaired) electrons. The van der Waals surface area contributed by atoms with Crippen LogP contribution in [-0.2, 0) is 4.74 Å². The van der Waals surface area contributed by atoms with Crippen molar-refractivity contribution in [3.63, 3.8) is 0 Å². The van der Waals surface area contributed by atoms with Crippen molar-refractivity contribution in [3.8, 4) is 0 Å². The average molecular weight is 228 g/mol. The maximum absolute atomic E-state index is 11.3. The van der Waals surface area contributed by atoms with Gasteiger partial charge in [-0.05, 0) is 26.2 Å². The molecule has 1 atom stereocenters. The first kappa shape index (κ1) is 13.3. The van der Waals surface area contributed by atoms with Gasteiger partial charge in [0.2, 0.25) is 0 Å². The third kappa shape index (κ3) is 4.00. The molecular weight excluding hydrogens is 204 g/mol. The Morgan fingerprint density at radius 3 is 2.62 bits per heavy atom. The summed E-state index contributed by atoms with van der Waals surface area (Å²) in [5.74, 6) is 0. The van der Waals surface area contributed by atoms with Crippen LogP contribution < -0.4 is 5.32 Å². The van der Waals surface area contributed by atoms with Crippen LogP contribution >= 0.6 is 0 Å².